The molecule has 0 aliphatic carbocycles. The second-order valence-corrected chi connectivity index (χ2v) is 6.12. The lowest BCUT2D eigenvalue weighted by Crippen LogP contribution is -2.34. The van der Waals surface area contributed by atoms with Crippen LogP contribution < -0.4 is 5.32 Å². The first-order chi connectivity index (χ1) is 11.4. The quantitative estimate of drug-likeness (QED) is 0.683. The van der Waals surface area contributed by atoms with Gasteiger partial charge in [-0.05, 0) is 43.9 Å². The number of nitrogens with zero attached hydrogens (tertiary/aromatic N) is 1. The van der Waals surface area contributed by atoms with Crippen molar-refractivity contribution in [2.75, 3.05) is 20.7 Å². The van der Waals surface area contributed by atoms with Gasteiger partial charge in [-0.15, -0.1) is 0 Å². The Morgan fingerprint density at radius 3 is 2.71 bits per heavy atom. The van der Waals surface area contributed by atoms with Gasteiger partial charge in [0.2, 0.25) is 5.91 Å². The molecule has 132 valence electrons. The van der Waals surface area contributed by atoms with E-state index in [2.05, 4.69) is 11.4 Å². The summed E-state index contributed by atoms with van der Waals surface area (Å²) in [5.74, 6) is -0.0243. The third-order valence-corrected chi connectivity index (χ3v) is 3.62. The molecule has 0 radical (unpaired) electrons. The molecule has 24 heavy (non-hydrogen) atoms. The van der Waals surface area contributed by atoms with Gasteiger partial charge in [-0.25, -0.2) is 0 Å². The van der Waals surface area contributed by atoms with E-state index in [1.165, 1.54) is 0 Å². The Morgan fingerprint density at radius 2 is 2.04 bits per heavy atom. The van der Waals surface area contributed by atoms with E-state index in [4.69, 9.17) is 5.11 Å². The van der Waals surface area contributed by atoms with E-state index in [1.807, 2.05) is 24.3 Å². The van der Waals surface area contributed by atoms with E-state index < -0.39 is 0 Å². The van der Waals surface area contributed by atoms with Crippen LogP contribution in [0, 0.1) is 0 Å². The largest absolute Gasteiger partial charge is 0.394 e. The number of hydrogen-bond donors (Lipinski definition) is 2. The standard InChI is InChI=1S/C19H28N2O3/c1-15(14-22)20-19(24)17-11-8-10-16(13-17)9-6-4-5-7-12-18(23)21(2)3/h6,8-11,13,15,22H,4-5,7,12,14H2,1-3H3,(H,20,24). The molecule has 1 unspecified atom stereocenters. The molecule has 0 aliphatic heterocycles. The van der Waals surface area contributed by atoms with E-state index in [0.29, 0.717) is 12.0 Å². The molecule has 5 nitrogen and oxygen atoms in total. The van der Waals surface area contributed by atoms with Gasteiger partial charge < -0.3 is 15.3 Å². The van der Waals surface area contributed by atoms with Crippen molar-refractivity contribution in [2.45, 2.75) is 38.6 Å². The van der Waals surface area contributed by atoms with Crippen LogP contribution in [0.5, 0.6) is 0 Å². The van der Waals surface area contributed by atoms with Gasteiger partial charge in [0.1, 0.15) is 0 Å². The van der Waals surface area contributed by atoms with E-state index in [0.717, 1.165) is 24.8 Å². The van der Waals surface area contributed by atoms with Crippen molar-refractivity contribution in [3.05, 3.63) is 41.5 Å². The fourth-order valence-corrected chi connectivity index (χ4v) is 2.12. The molecule has 0 heterocycles. The topological polar surface area (TPSA) is 69.6 Å². The molecule has 2 amide bonds. The molecule has 1 rings (SSSR count). The van der Waals surface area contributed by atoms with Crippen molar-refractivity contribution in [3.8, 4) is 0 Å². The Kier molecular flexibility index (Phi) is 8.79. The molecular formula is C19H28N2O3. The monoisotopic (exact) mass is 332 g/mol. The molecule has 2 N–H and O–H groups in total. The maximum Gasteiger partial charge on any atom is 0.251 e. The van der Waals surface area contributed by atoms with Crippen molar-refractivity contribution in [1.82, 2.24) is 10.2 Å². The highest BCUT2D eigenvalue weighted by Crippen LogP contribution is 2.10. The maximum absolute atomic E-state index is 12.0. The predicted octanol–water partition coefficient (Wildman–Crippen LogP) is 2.46. The van der Waals surface area contributed by atoms with Crippen LogP contribution in [0.3, 0.4) is 0 Å². The predicted molar refractivity (Wildman–Crippen MR) is 96.7 cm³/mol. The lowest BCUT2D eigenvalue weighted by molar-refractivity contribution is -0.128. The minimum atomic E-state index is -0.262. The maximum atomic E-state index is 12.0. The number of allylic oxidation sites excluding steroid dienone is 1. The zero-order chi connectivity index (χ0) is 17.9. The first-order valence-corrected chi connectivity index (χ1v) is 8.32. The van der Waals surface area contributed by atoms with Gasteiger partial charge in [-0.2, -0.15) is 0 Å². The molecule has 0 fully saturated rings. The number of hydrogen-bond acceptors (Lipinski definition) is 3. The molecule has 0 bridgehead atoms. The van der Waals surface area contributed by atoms with E-state index in [1.54, 1.807) is 32.0 Å². The van der Waals surface area contributed by atoms with Crippen LogP contribution in [-0.2, 0) is 4.79 Å². The van der Waals surface area contributed by atoms with Gasteiger partial charge in [-0.3, -0.25) is 9.59 Å². The number of rotatable bonds is 9. The van der Waals surface area contributed by atoms with Crippen molar-refractivity contribution in [3.63, 3.8) is 0 Å². The van der Waals surface area contributed by atoms with Crippen LogP contribution in [-0.4, -0.2) is 48.6 Å². The molecule has 0 spiro atoms. The summed E-state index contributed by atoms with van der Waals surface area (Å²) in [5.41, 5.74) is 1.54. The molecular weight excluding hydrogens is 304 g/mol. The molecule has 5 heteroatoms. The number of carbonyl (C=O) groups is 2. The summed E-state index contributed by atoms with van der Waals surface area (Å²) in [6.45, 7) is 1.67. The van der Waals surface area contributed by atoms with Crippen molar-refractivity contribution < 1.29 is 14.7 Å². The zero-order valence-electron chi connectivity index (χ0n) is 14.8. The number of amides is 2. The second-order valence-electron chi connectivity index (χ2n) is 6.12. The van der Waals surface area contributed by atoms with Crippen LogP contribution in [0.1, 0.15) is 48.5 Å². The Balaban J connectivity index is 2.44. The fraction of sp³-hybridized carbons (Fsp3) is 0.474. The highest BCUT2D eigenvalue weighted by atomic mass is 16.3. The van der Waals surface area contributed by atoms with Crippen LogP contribution >= 0.6 is 0 Å². The first-order valence-electron chi connectivity index (χ1n) is 8.32. The van der Waals surface area contributed by atoms with E-state index in [9.17, 15) is 9.59 Å². The lowest BCUT2D eigenvalue weighted by Gasteiger charge is -2.10. The molecule has 1 aromatic rings. The number of carbonyl (C=O) groups excluding carboxylic acids is 2. The third kappa shape index (κ3) is 7.42. The Morgan fingerprint density at radius 1 is 1.29 bits per heavy atom. The van der Waals surface area contributed by atoms with Crippen molar-refractivity contribution in [2.24, 2.45) is 0 Å². The van der Waals surface area contributed by atoms with Gasteiger partial charge in [0.15, 0.2) is 0 Å². The highest BCUT2D eigenvalue weighted by Gasteiger charge is 2.08. The summed E-state index contributed by atoms with van der Waals surface area (Å²) in [5, 5.41) is 11.7. The molecule has 1 atom stereocenters. The summed E-state index contributed by atoms with van der Waals surface area (Å²) in [6, 6.07) is 7.10. The number of unbranched alkanes of at least 4 members (excludes halogenated alkanes) is 2. The number of nitrogens with one attached hydrogen (secondary N) is 1. The van der Waals surface area contributed by atoms with Crippen LogP contribution in [0.15, 0.2) is 30.3 Å². The average Bonchev–Trinajstić information content (AvgIpc) is 2.57. The highest BCUT2D eigenvalue weighted by molar-refractivity contribution is 5.94. The molecule has 0 saturated heterocycles. The van der Waals surface area contributed by atoms with Gasteiger partial charge in [-0.1, -0.05) is 24.3 Å². The molecule has 0 aromatic heterocycles. The molecule has 0 aliphatic rings. The summed E-state index contributed by atoms with van der Waals surface area (Å²) < 4.78 is 0. The van der Waals surface area contributed by atoms with E-state index in [-0.39, 0.29) is 24.5 Å². The SMILES string of the molecule is CC(CO)NC(=O)c1cccc(C=CCCCCC(=O)N(C)C)c1. The van der Waals surface area contributed by atoms with Crippen LogP contribution in [0.2, 0.25) is 0 Å². The van der Waals surface area contributed by atoms with E-state index >= 15 is 0 Å². The smallest absolute Gasteiger partial charge is 0.251 e. The fourth-order valence-electron chi connectivity index (χ4n) is 2.12. The number of aliphatic hydroxyl groups excluding tert-OH is 1. The summed E-state index contributed by atoms with van der Waals surface area (Å²) in [6.07, 6.45) is 7.37. The Bertz CT molecular complexity index is 567. The van der Waals surface area contributed by atoms with Crippen LogP contribution in [0.25, 0.3) is 6.08 Å². The number of aliphatic hydroxyl groups is 1. The van der Waals surface area contributed by atoms with Gasteiger partial charge in [0.05, 0.1) is 6.61 Å². The Hall–Kier alpha value is -2.14. The second kappa shape index (κ2) is 10.6. The normalized spacial score (nSPS) is 12.2. The summed E-state index contributed by atoms with van der Waals surface area (Å²) >= 11 is 0. The minimum absolute atomic E-state index is 0.0817. The van der Waals surface area contributed by atoms with Gasteiger partial charge in [0, 0.05) is 32.1 Å². The molecule has 1 aromatic carbocycles. The first kappa shape index (κ1) is 19.9. The summed E-state index contributed by atoms with van der Waals surface area (Å²) in [4.78, 5) is 25.1. The Labute approximate surface area is 144 Å². The van der Waals surface area contributed by atoms with Crippen LogP contribution in [0.4, 0.5) is 0 Å². The number of benzene rings is 1. The average molecular weight is 332 g/mol. The van der Waals surface area contributed by atoms with Crippen molar-refractivity contribution in [1.29, 1.82) is 0 Å². The summed E-state index contributed by atoms with van der Waals surface area (Å²) in [7, 11) is 3.54. The lowest BCUT2D eigenvalue weighted by atomic mass is 10.1. The third-order valence-electron chi connectivity index (χ3n) is 3.62. The van der Waals surface area contributed by atoms with Crippen molar-refractivity contribution >= 4 is 17.9 Å². The van der Waals surface area contributed by atoms with Gasteiger partial charge >= 0.3 is 0 Å². The molecule has 0 saturated carbocycles. The van der Waals surface area contributed by atoms with Gasteiger partial charge in [0.25, 0.3) is 5.91 Å². The minimum Gasteiger partial charge on any atom is -0.394 e. The zero-order valence-corrected chi connectivity index (χ0v) is 14.8.